The number of hydrogen-bond acceptors (Lipinski definition) is 4. The number of benzene rings is 1. The fourth-order valence-corrected chi connectivity index (χ4v) is 1.54. The molecule has 1 amide bonds. The zero-order valence-corrected chi connectivity index (χ0v) is 11.2. The van der Waals surface area contributed by atoms with Gasteiger partial charge in [-0.3, -0.25) is 10.1 Å². The number of amides is 1. The predicted molar refractivity (Wildman–Crippen MR) is 70.0 cm³/mol. The summed E-state index contributed by atoms with van der Waals surface area (Å²) >= 11 is 0. The molecular weight excluding hydrogens is 287 g/mol. The van der Waals surface area contributed by atoms with E-state index in [1.165, 1.54) is 0 Å². The van der Waals surface area contributed by atoms with Gasteiger partial charge in [0, 0.05) is 19.7 Å². The monoisotopic (exact) mass is 299 g/mol. The van der Waals surface area contributed by atoms with Crippen LogP contribution in [0.4, 0.5) is 25.1 Å². The average Bonchev–Trinajstić information content (AvgIpc) is 2.87. The molecule has 0 bridgehead atoms. The Hall–Kier alpha value is -2.58. The summed E-state index contributed by atoms with van der Waals surface area (Å²) in [5.41, 5.74) is -0.927. The Morgan fingerprint density at radius 1 is 1.38 bits per heavy atom. The second kappa shape index (κ2) is 5.81. The highest BCUT2D eigenvalue weighted by atomic mass is 19.3. The lowest BCUT2D eigenvalue weighted by atomic mass is 10.1. The number of carbonyl (C=O) groups is 1. The van der Waals surface area contributed by atoms with Gasteiger partial charge < -0.3 is 4.90 Å². The van der Waals surface area contributed by atoms with Crippen LogP contribution in [-0.4, -0.2) is 35.2 Å². The van der Waals surface area contributed by atoms with Gasteiger partial charge in [-0.15, -0.1) is 5.10 Å². The highest BCUT2D eigenvalue weighted by Crippen LogP contribution is 2.23. The summed E-state index contributed by atoms with van der Waals surface area (Å²) < 4.78 is 38.3. The van der Waals surface area contributed by atoms with Crippen LogP contribution < -0.4 is 10.2 Å². The summed E-state index contributed by atoms with van der Waals surface area (Å²) in [4.78, 5) is 17.5. The summed E-state index contributed by atoms with van der Waals surface area (Å²) in [6.07, 6.45) is -3.00. The first-order valence-corrected chi connectivity index (χ1v) is 5.87. The molecule has 0 spiro atoms. The molecule has 0 atom stereocenters. The first kappa shape index (κ1) is 14.8. The lowest BCUT2D eigenvalue weighted by Gasteiger charge is -2.06. The van der Waals surface area contributed by atoms with Crippen molar-refractivity contribution < 1.29 is 18.0 Å². The van der Waals surface area contributed by atoms with Crippen molar-refractivity contribution in [2.75, 3.05) is 24.3 Å². The maximum Gasteiger partial charge on any atom is 0.266 e. The van der Waals surface area contributed by atoms with Crippen molar-refractivity contribution in [2.45, 2.75) is 6.43 Å². The van der Waals surface area contributed by atoms with E-state index in [4.69, 9.17) is 0 Å². The molecule has 1 aromatic heterocycles. The molecule has 1 heterocycles. The zero-order valence-electron chi connectivity index (χ0n) is 11.2. The Bertz CT molecular complexity index is 656. The van der Waals surface area contributed by atoms with E-state index >= 15 is 0 Å². The molecule has 2 rings (SSSR count). The minimum Gasteiger partial charge on any atom is -0.346 e. The minimum atomic E-state index is -3.00. The molecule has 0 aliphatic heterocycles. The highest BCUT2D eigenvalue weighted by Gasteiger charge is 2.17. The molecule has 0 aliphatic carbocycles. The van der Waals surface area contributed by atoms with Crippen LogP contribution in [0.15, 0.2) is 18.2 Å². The van der Waals surface area contributed by atoms with E-state index < -0.39 is 23.7 Å². The molecule has 0 fully saturated rings. The van der Waals surface area contributed by atoms with Gasteiger partial charge in [-0.1, -0.05) is 0 Å². The van der Waals surface area contributed by atoms with Crippen molar-refractivity contribution in [2.24, 2.45) is 0 Å². The molecule has 0 radical (unpaired) electrons. The van der Waals surface area contributed by atoms with Crippen LogP contribution >= 0.6 is 0 Å². The van der Waals surface area contributed by atoms with Crippen molar-refractivity contribution in [1.82, 2.24) is 15.2 Å². The number of halogens is 3. The SMILES string of the molecule is CN(C)c1n[nH]c(NC(=O)c2ccc(F)c(C(F)F)c2)n1. The summed E-state index contributed by atoms with van der Waals surface area (Å²) in [7, 11) is 3.42. The number of alkyl halides is 2. The van der Waals surface area contributed by atoms with Gasteiger partial charge in [0.1, 0.15) is 5.82 Å². The van der Waals surface area contributed by atoms with Gasteiger partial charge in [0.15, 0.2) is 0 Å². The number of anilines is 2. The maximum atomic E-state index is 13.2. The van der Waals surface area contributed by atoms with Gasteiger partial charge in [0.2, 0.25) is 11.9 Å². The van der Waals surface area contributed by atoms with Crippen molar-refractivity contribution >= 4 is 17.8 Å². The third-order valence-corrected chi connectivity index (χ3v) is 2.60. The number of nitrogens with zero attached hydrogens (tertiary/aromatic N) is 3. The Labute approximate surface area is 118 Å². The topological polar surface area (TPSA) is 73.9 Å². The first-order chi connectivity index (χ1) is 9.88. The van der Waals surface area contributed by atoms with Crippen LogP contribution in [0.25, 0.3) is 0 Å². The van der Waals surface area contributed by atoms with Crippen LogP contribution in [0, 0.1) is 5.82 Å². The normalized spacial score (nSPS) is 10.8. The smallest absolute Gasteiger partial charge is 0.266 e. The Morgan fingerprint density at radius 3 is 2.67 bits per heavy atom. The van der Waals surface area contributed by atoms with Crippen LogP contribution in [0.3, 0.4) is 0 Å². The Balaban J connectivity index is 2.18. The van der Waals surface area contributed by atoms with E-state index in [1.807, 2.05) is 0 Å². The number of H-pyrrole nitrogens is 1. The third kappa shape index (κ3) is 3.30. The molecule has 0 unspecified atom stereocenters. The summed E-state index contributed by atoms with van der Waals surface area (Å²) in [5, 5.41) is 8.65. The van der Waals surface area contributed by atoms with Gasteiger partial charge in [-0.2, -0.15) is 4.98 Å². The number of hydrogen-bond donors (Lipinski definition) is 2. The zero-order chi connectivity index (χ0) is 15.6. The summed E-state index contributed by atoms with van der Waals surface area (Å²) in [5.74, 6) is -1.35. The number of rotatable bonds is 4. The molecule has 0 saturated heterocycles. The van der Waals surface area contributed by atoms with E-state index in [-0.39, 0.29) is 11.5 Å². The second-order valence-corrected chi connectivity index (χ2v) is 4.37. The first-order valence-electron chi connectivity index (χ1n) is 5.87. The molecular formula is C12H12F3N5O. The molecule has 0 aliphatic rings. The second-order valence-electron chi connectivity index (χ2n) is 4.37. The van der Waals surface area contributed by atoms with Crippen molar-refractivity contribution in [1.29, 1.82) is 0 Å². The molecule has 6 nitrogen and oxygen atoms in total. The fraction of sp³-hybridized carbons (Fsp3) is 0.250. The van der Waals surface area contributed by atoms with Crippen LogP contribution in [0.1, 0.15) is 22.3 Å². The average molecular weight is 299 g/mol. The quantitative estimate of drug-likeness (QED) is 0.907. The van der Waals surface area contributed by atoms with E-state index in [2.05, 4.69) is 20.5 Å². The van der Waals surface area contributed by atoms with Gasteiger partial charge in [0.25, 0.3) is 12.3 Å². The van der Waals surface area contributed by atoms with Crippen LogP contribution in [0.5, 0.6) is 0 Å². The highest BCUT2D eigenvalue weighted by molar-refractivity contribution is 6.03. The minimum absolute atomic E-state index is 0.0617. The molecule has 2 aromatic rings. The lowest BCUT2D eigenvalue weighted by Crippen LogP contribution is -2.14. The number of nitrogens with one attached hydrogen (secondary N) is 2. The Morgan fingerprint density at radius 2 is 2.10 bits per heavy atom. The summed E-state index contributed by atoms with van der Waals surface area (Å²) in [6.45, 7) is 0. The standard InChI is InChI=1S/C12H12F3N5O/c1-20(2)12-17-11(18-19-12)16-10(21)6-3-4-8(13)7(5-6)9(14)15/h3-5,9H,1-2H3,(H2,16,17,18,19,21). The van der Waals surface area contributed by atoms with E-state index in [0.29, 0.717) is 5.95 Å². The predicted octanol–water partition coefficient (Wildman–Crippen LogP) is 2.20. The van der Waals surface area contributed by atoms with Crippen LogP contribution in [0.2, 0.25) is 0 Å². The van der Waals surface area contributed by atoms with Gasteiger partial charge >= 0.3 is 0 Å². The largest absolute Gasteiger partial charge is 0.346 e. The van der Waals surface area contributed by atoms with Crippen molar-refractivity contribution in [3.63, 3.8) is 0 Å². The molecule has 2 N–H and O–H groups in total. The van der Waals surface area contributed by atoms with E-state index in [0.717, 1.165) is 18.2 Å². The van der Waals surface area contributed by atoms with E-state index in [9.17, 15) is 18.0 Å². The fourth-order valence-electron chi connectivity index (χ4n) is 1.54. The van der Waals surface area contributed by atoms with Gasteiger partial charge in [-0.25, -0.2) is 18.3 Å². The summed E-state index contributed by atoms with van der Waals surface area (Å²) in [6, 6.07) is 2.74. The van der Waals surface area contributed by atoms with Crippen molar-refractivity contribution in [3.8, 4) is 0 Å². The third-order valence-electron chi connectivity index (χ3n) is 2.60. The molecule has 21 heavy (non-hydrogen) atoms. The van der Waals surface area contributed by atoms with Gasteiger partial charge in [0.05, 0.1) is 5.56 Å². The molecule has 112 valence electrons. The Kier molecular flexibility index (Phi) is 4.10. The lowest BCUT2D eigenvalue weighted by molar-refractivity contribution is 0.102. The number of aromatic nitrogens is 3. The maximum absolute atomic E-state index is 13.2. The van der Waals surface area contributed by atoms with Gasteiger partial charge in [-0.05, 0) is 18.2 Å². The number of carbonyl (C=O) groups excluding carboxylic acids is 1. The van der Waals surface area contributed by atoms with E-state index in [1.54, 1.807) is 19.0 Å². The number of aromatic amines is 1. The molecule has 9 heteroatoms. The molecule has 0 saturated carbocycles. The van der Waals surface area contributed by atoms with Crippen LogP contribution in [-0.2, 0) is 0 Å². The van der Waals surface area contributed by atoms with Crippen molar-refractivity contribution in [3.05, 3.63) is 35.1 Å². The molecule has 1 aromatic carbocycles.